The number of hydrogen-bond donors (Lipinski definition) is 2. The zero-order chi connectivity index (χ0) is 12.5. The quantitative estimate of drug-likeness (QED) is 0.767. The molecule has 1 heterocycles. The number of carboxylic acid groups (broad SMARTS) is 1. The van der Waals surface area contributed by atoms with Gasteiger partial charge in [-0.15, -0.1) is 0 Å². The first-order valence-corrected chi connectivity index (χ1v) is 6.30. The predicted molar refractivity (Wildman–Crippen MR) is 62.7 cm³/mol. The van der Waals surface area contributed by atoms with Gasteiger partial charge in [-0.2, -0.15) is 0 Å². The summed E-state index contributed by atoms with van der Waals surface area (Å²) in [5.74, 6) is -0.807. The van der Waals surface area contributed by atoms with Crippen molar-refractivity contribution in [3.63, 3.8) is 0 Å². The molecule has 2 fully saturated rings. The van der Waals surface area contributed by atoms with E-state index in [-0.39, 0.29) is 6.03 Å². The van der Waals surface area contributed by atoms with Gasteiger partial charge >= 0.3 is 12.0 Å². The smallest absolute Gasteiger partial charge is 0.317 e. The minimum absolute atomic E-state index is 0.0955. The molecule has 1 saturated carbocycles. The average Bonchev–Trinajstić information content (AvgIpc) is 2.23. The Labute approximate surface area is 101 Å². The normalized spacial score (nSPS) is 29.6. The van der Waals surface area contributed by atoms with Gasteiger partial charge in [0.15, 0.2) is 0 Å². The van der Waals surface area contributed by atoms with Gasteiger partial charge in [-0.3, -0.25) is 4.79 Å². The van der Waals surface area contributed by atoms with Crippen molar-refractivity contribution in [1.29, 1.82) is 0 Å². The molecule has 1 atom stereocenters. The Morgan fingerprint density at radius 2 is 2.06 bits per heavy atom. The van der Waals surface area contributed by atoms with Crippen LogP contribution in [0.4, 0.5) is 4.79 Å². The number of carbonyl (C=O) groups excluding carboxylic acids is 1. The van der Waals surface area contributed by atoms with Gasteiger partial charge in [0.05, 0.1) is 5.41 Å². The molecule has 1 aliphatic heterocycles. The Balaban J connectivity index is 1.91. The van der Waals surface area contributed by atoms with Crippen molar-refractivity contribution in [3.8, 4) is 0 Å². The highest BCUT2D eigenvalue weighted by molar-refractivity contribution is 5.78. The molecule has 2 amide bonds. The van der Waals surface area contributed by atoms with Crippen LogP contribution in [0.25, 0.3) is 0 Å². The minimum atomic E-state index is -0.807. The zero-order valence-corrected chi connectivity index (χ0v) is 10.2. The molecule has 96 valence electrons. The number of piperidine rings is 1. The highest BCUT2D eigenvalue weighted by Crippen LogP contribution is 2.30. The van der Waals surface area contributed by atoms with Crippen LogP contribution >= 0.6 is 0 Å². The monoisotopic (exact) mass is 240 g/mol. The van der Waals surface area contributed by atoms with Crippen molar-refractivity contribution in [1.82, 2.24) is 10.2 Å². The predicted octanol–water partition coefficient (Wildman–Crippen LogP) is 1.44. The Bertz CT molecular complexity index is 328. The molecular weight excluding hydrogens is 220 g/mol. The van der Waals surface area contributed by atoms with Crippen LogP contribution in [-0.2, 0) is 4.79 Å². The van der Waals surface area contributed by atoms with Gasteiger partial charge in [0, 0.05) is 19.1 Å². The molecule has 2 aliphatic rings. The van der Waals surface area contributed by atoms with Crippen LogP contribution in [0.5, 0.6) is 0 Å². The van der Waals surface area contributed by atoms with E-state index in [1.165, 1.54) is 6.42 Å². The van der Waals surface area contributed by atoms with Crippen molar-refractivity contribution in [3.05, 3.63) is 0 Å². The summed E-state index contributed by atoms with van der Waals surface area (Å²) in [6.07, 6.45) is 4.69. The molecule has 2 N–H and O–H groups in total. The zero-order valence-electron chi connectivity index (χ0n) is 10.2. The van der Waals surface area contributed by atoms with E-state index in [9.17, 15) is 14.7 Å². The summed E-state index contributed by atoms with van der Waals surface area (Å²) in [6, 6.07) is 0.211. The summed E-state index contributed by atoms with van der Waals surface area (Å²) in [7, 11) is 0. The summed E-state index contributed by atoms with van der Waals surface area (Å²) in [6.45, 7) is 2.71. The summed E-state index contributed by atoms with van der Waals surface area (Å²) in [5, 5.41) is 12.1. The molecule has 0 spiro atoms. The molecule has 0 radical (unpaired) electrons. The molecule has 0 aromatic rings. The fourth-order valence-corrected chi connectivity index (χ4v) is 2.41. The Kier molecular flexibility index (Phi) is 3.26. The first-order chi connectivity index (χ1) is 8.01. The maximum Gasteiger partial charge on any atom is 0.317 e. The third-order valence-corrected chi connectivity index (χ3v) is 3.93. The van der Waals surface area contributed by atoms with Gasteiger partial charge in [-0.1, -0.05) is 0 Å². The summed E-state index contributed by atoms with van der Waals surface area (Å²) >= 11 is 0. The lowest BCUT2D eigenvalue weighted by Gasteiger charge is -2.39. The lowest BCUT2D eigenvalue weighted by molar-refractivity contribution is -0.150. The topological polar surface area (TPSA) is 69.6 Å². The Morgan fingerprint density at radius 1 is 1.35 bits per heavy atom. The van der Waals surface area contributed by atoms with Crippen LogP contribution in [0.3, 0.4) is 0 Å². The van der Waals surface area contributed by atoms with Crippen molar-refractivity contribution < 1.29 is 14.7 Å². The van der Waals surface area contributed by atoms with Gasteiger partial charge in [-0.25, -0.2) is 4.79 Å². The summed E-state index contributed by atoms with van der Waals surface area (Å²) in [4.78, 5) is 24.8. The number of rotatable bonds is 2. The standard InChI is InChI=1S/C12H20N2O3/c1-12(10(15)16)6-3-7-14(8-12)11(17)13-9-4-2-5-9/h9H,2-8H2,1H3,(H,13,17)(H,15,16). The lowest BCUT2D eigenvalue weighted by atomic mass is 9.82. The number of nitrogens with zero attached hydrogens (tertiary/aromatic N) is 1. The van der Waals surface area contributed by atoms with Crippen LogP contribution in [0.2, 0.25) is 0 Å². The molecule has 1 aliphatic carbocycles. The van der Waals surface area contributed by atoms with E-state index in [4.69, 9.17) is 0 Å². The van der Waals surface area contributed by atoms with Crippen LogP contribution < -0.4 is 5.32 Å². The Morgan fingerprint density at radius 3 is 2.59 bits per heavy atom. The minimum Gasteiger partial charge on any atom is -0.481 e. The van der Waals surface area contributed by atoms with Crippen molar-refractivity contribution in [2.24, 2.45) is 5.41 Å². The number of urea groups is 1. The van der Waals surface area contributed by atoms with Crippen LogP contribution in [0.1, 0.15) is 39.0 Å². The molecule has 0 bridgehead atoms. The fourth-order valence-electron chi connectivity index (χ4n) is 2.41. The van der Waals surface area contributed by atoms with Crippen LogP contribution in [0.15, 0.2) is 0 Å². The van der Waals surface area contributed by atoms with E-state index in [2.05, 4.69) is 5.32 Å². The largest absolute Gasteiger partial charge is 0.481 e. The number of likely N-dealkylation sites (tertiary alicyclic amines) is 1. The molecule has 17 heavy (non-hydrogen) atoms. The second-order valence-electron chi connectivity index (χ2n) is 5.47. The van der Waals surface area contributed by atoms with E-state index in [0.29, 0.717) is 25.6 Å². The van der Waals surface area contributed by atoms with Gasteiger partial charge in [0.2, 0.25) is 0 Å². The number of aliphatic carboxylic acids is 1. The molecule has 1 unspecified atom stereocenters. The van der Waals surface area contributed by atoms with Crippen molar-refractivity contribution >= 4 is 12.0 Å². The first kappa shape index (κ1) is 12.2. The van der Waals surface area contributed by atoms with Gasteiger partial charge < -0.3 is 15.3 Å². The third kappa shape index (κ3) is 2.53. The number of hydrogen-bond acceptors (Lipinski definition) is 2. The maximum absolute atomic E-state index is 11.9. The number of amides is 2. The SMILES string of the molecule is CC1(C(=O)O)CCCN(C(=O)NC2CCC2)C1. The Hall–Kier alpha value is -1.26. The number of nitrogens with one attached hydrogen (secondary N) is 1. The summed E-state index contributed by atoms with van der Waals surface area (Å²) in [5.41, 5.74) is -0.783. The lowest BCUT2D eigenvalue weighted by Crippen LogP contribution is -2.54. The van der Waals surface area contributed by atoms with E-state index in [0.717, 1.165) is 19.3 Å². The van der Waals surface area contributed by atoms with Gasteiger partial charge in [0.25, 0.3) is 0 Å². The molecular formula is C12H20N2O3. The summed E-state index contributed by atoms with van der Waals surface area (Å²) < 4.78 is 0. The van der Waals surface area contributed by atoms with Crippen LogP contribution in [-0.4, -0.2) is 41.1 Å². The third-order valence-electron chi connectivity index (χ3n) is 3.93. The van der Waals surface area contributed by atoms with Crippen molar-refractivity contribution in [2.75, 3.05) is 13.1 Å². The molecule has 2 rings (SSSR count). The van der Waals surface area contributed by atoms with E-state index in [1.54, 1.807) is 11.8 Å². The molecule has 5 nitrogen and oxygen atoms in total. The maximum atomic E-state index is 11.9. The molecule has 1 saturated heterocycles. The highest BCUT2D eigenvalue weighted by atomic mass is 16.4. The van der Waals surface area contributed by atoms with Crippen molar-refractivity contribution in [2.45, 2.75) is 45.1 Å². The van der Waals surface area contributed by atoms with E-state index in [1.807, 2.05) is 0 Å². The van der Waals surface area contributed by atoms with Gasteiger partial charge in [-0.05, 0) is 39.0 Å². The molecule has 0 aromatic heterocycles. The van der Waals surface area contributed by atoms with E-state index < -0.39 is 11.4 Å². The number of carbonyl (C=O) groups is 2. The number of carboxylic acids is 1. The fraction of sp³-hybridized carbons (Fsp3) is 0.833. The molecule has 0 aromatic carbocycles. The highest BCUT2D eigenvalue weighted by Gasteiger charge is 2.39. The molecule has 5 heteroatoms. The van der Waals surface area contributed by atoms with Crippen LogP contribution in [0, 0.1) is 5.41 Å². The first-order valence-electron chi connectivity index (χ1n) is 6.30. The second-order valence-corrected chi connectivity index (χ2v) is 5.47. The average molecular weight is 240 g/mol. The van der Waals surface area contributed by atoms with Gasteiger partial charge in [0.1, 0.15) is 0 Å². The second kappa shape index (κ2) is 4.55. The van der Waals surface area contributed by atoms with E-state index >= 15 is 0 Å².